The van der Waals surface area contributed by atoms with Crippen LogP contribution in [0.15, 0.2) is 0 Å². The number of hydrogen-bond acceptors (Lipinski definition) is 4. The van der Waals surface area contributed by atoms with E-state index in [0.717, 1.165) is 0 Å². The number of urea groups is 1. The summed E-state index contributed by atoms with van der Waals surface area (Å²) < 4.78 is 16.1. The maximum absolute atomic E-state index is 11.6. The average molecular weight is 292 g/mol. The third kappa shape index (κ3) is 6.53. The van der Waals surface area contributed by atoms with Gasteiger partial charge in [-0.15, -0.1) is 0 Å². The first-order valence-electron chi connectivity index (χ1n) is 6.15. The summed E-state index contributed by atoms with van der Waals surface area (Å²) in [6, 6.07) is -0.303. The SMILES string of the molecule is COC(CNC(=O)NC1CCS(=O)CC1)CC(=O)O. The Morgan fingerprint density at radius 3 is 2.58 bits per heavy atom. The molecule has 2 amide bonds. The summed E-state index contributed by atoms with van der Waals surface area (Å²) in [5.41, 5.74) is 0. The lowest BCUT2D eigenvalue weighted by molar-refractivity contribution is -0.139. The Morgan fingerprint density at radius 2 is 2.05 bits per heavy atom. The maximum atomic E-state index is 11.6. The molecule has 0 aliphatic carbocycles. The molecule has 7 nitrogen and oxygen atoms in total. The van der Waals surface area contributed by atoms with Crippen LogP contribution in [-0.4, -0.2) is 58.6 Å². The van der Waals surface area contributed by atoms with E-state index in [1.54, 1.807) is 0 Å². The normalized spacial score (nSPS) is 24.5. The van der Waals surface area contributed by atoms with Gasteiger partial charge in [0.1, 0.15) is 0 Å². The molecule has 3 N–H and O–H groups in total. The van der Waals surface area contributed by atoms with Gasteiger partial charge in [-0.3, -0.25) is 9.00 Å². The Labute approximate surface area is 114 Å². The van der Waals surface area contributed by atoms with Gasteiger partial charge in [-0.05, 0) is 12.8 Å². The van der Waals surface area contributed by atoms with E-state index in [1.165, 1.54) is 7.11 Å². The first-order valence-corrected chi connectivity index (χ1v) is 7.64. The third-order valence-corrected chi connectivity index (χ3v) is 4.33. The molecule has 0 aromatic rings. The molecule has 0 bridgehead atoms. The second-order valence-electron chi connectivity index (χ2n) is 4.43. The minimum atomic E-state index is -0.969. The van der Waals surface area contributed by atoms with Crippen LogP contribution < -0.4 is 10.6 Å². The van der Waals surface area contributed by atoms with Crippen LogP contribution in [0.3, 0.4) is 0 Å². The first-order chi connectivity index (χ1) is 9.01. The lowest BCUT2D eigenvalue weighted by Crippen LogP contribution is -2.47. The Bertz CT molecular complexity index is 340. The van der Waals surface area contributed by atoms with Gasteiger partial charge in [0.2, 0.25) is 0 Å². The van der Waals surface area contributed by atoms with Crippen molar-refractivity contribution in [3.05, 3.63) is 0 Å². The molecule has 0 saturated carbocycles. The highest BCUT2D eigenvalue weighted by molar-refractivity contribution is 7.85. The number of rotatable bonds is 6. The van der Waals surface area contributed by atoms with Crippen LogP contribution in [-0.2, 0) is 20.3 Å². The van der Waals surface area contributed by atoms with E-state index < -0.39 is 22.9 Å². The molecule has 1 atom stereocenters. The molecule has 19 heavy (non-hydrogen) atoms. The van der Waals surface area contributed by atoms with Gasteiger partial charge in [-0.2, -0.15) is 0 Å². The van der Waals surface area contributed by atoms with Crippen molar-refractivity contribution in [2.75, 3.05) is 25.2 Å². The lowest BCUT2D eigenvalue weighted by Gasteiger charge is -2.23. The van der Waals surface area contributed by atoms with Gasteiger partial charge in [0.25, 0.3) is 0 Å². The summed E-state index contributed by atoms with van der Waals surface area (Å²) in [5.74, 6) is 0.263. The fourth-order valence-corrected chi connectivity index (χ4v) is 3.11. The predicted molar refractivity (Wildman–Crippen MR) is 70.5 cm³/mol. The Hall–Kier alpha value is -1.15. The molecule has 0 spiro atoms. The minimum absolute atomic E-state index is 0.0400. The van der Waals surface area contributed by atoms with Crippen molar-refractivity contribution in [2.24, 2.45) is 0 Å². The second kappa shape index (κ2) is 8.11. The number of amides is 2. The fourth-order valence-electron chi connectivity index (χ4n) is 1.81. The highest BCUT2D eigenvalue weighted by Gasteiger charge is 2.20. The second-order valence-corrected chi connectivity index (χ2v) is 6.13. The molecule has 110 valence electrons. The molecule has 1 saturated heterocycles. The summed E-state index contributed by atoms with van der Waals surface area (Å²) in [5, 5.41) is 14.0. The molecule has 0 aromatic carbocycles. The van der Waals surface area contributed by atoms with Gasteiger partial charge in [0, 0.05) is 42.0 Å². The number of carboxylic acid groups (broad SMARTS) is 1. The summed E-state index contributed by atoms with van der Waals surface area (Å²) in [4.78, 5) is 22.1. The zero-order valence-corrected chi connectivity index (χ0v) is 11.7. The van der Waals surface area contributed by atoms with Crippen LogP contribution in [0, 0.1) is 0 Å². The Morgan fingerprint density at radius 1 is 1.42 bits per heavy atom. The van der Waals surface area contributed by atoms with Crippen molar-refractivity contribution in [2.45, 2.75) is 31.4 Å². The van der Waals surface area contributed by atoms with E-state index in [2.05, 4.69) is 10.6 Å². The van der Waals surface area contributed by atoms with Crippen molar-refractivity contribution < 1.29 is 23.6 Å². The molecule has 1 fully saturated rings. The summed E-state index contributed by atoms with van der Waals surface area (Å²) >= 11 is 0. The van der Waals surface area contributed by atoms with Crippen LogP contribution >= 0.6 is 0 Å². The number of methoxy groups -OCH3 is 1. The average Bonchev–Trinajstić information content (AvgIpc) is 2.37. The minimum Gasteiger partial charge on any atom is -0.481 e. The molecular formula is C11H20N2O5S. The van der Waals surface area contributed by atoms with Gasteiger partial charge in [-0.1, -0.05) is 0 Å². The molecule has 1 unspecified atom stereocenters. The quantitative estimate of drug-likeness (QED) is 0.622. The molecule has 0 aromatic heterocycles. The standard InChI is InChI=1S/C11H20N2O5S/c1-18-9(6-10(14)15)7-12-11(16)13-8-2-4-19(17)5-3-8/h8-9H,2-7H2,1H3,(H,14,15)(H2,12,13,16). The lowest BCUT2D eigenvalue weighted by atomic mass is 10.2. The van der Waals surface area contributed by atoms with E-state index in [1.807, 2.05) is 0 Å². The summed E-state index contributed by atoms with van der Waals surface area (Å²) in [6.45, 7) is 0.146. The predicted octanol–water partition coefficient (Wildman–Crippen LogP) is -0.314. The zero-order valence-electron chi connectivity index (χ0n) is 10.9. The largest absolute Gasteiger partial charge is 0.481 e. The first kappa shape index (κ1) is 15.9. The number of carbonyl (C=O) groups excluding carboxylic acids is 1. The maximum Gasteiger partial charge on any atom is 0.315 e. The van der Waals surface area contributed by atoms with E-state index in [4.69, 9.17) is 9.84 Å². The van der Waals surface area contributed by atoms with Gasteiger partial charge in [-0.25, -0.2) is 4.79 Å². The number of carbonyl (C=O) groups is 2. The summed E-state index contributed by atoms with van der Waals surface area (Å²) in [6.07, 6.45) is 0.729. The molecule has 1 aliphatic rings. The van der Waals surface area contributed by atoms with Crippen molar-refractivity contribution in [3.63, 3.8) is 0 Å². The number of hydrogen-bond donors (Lipinski definition) is 3. The van der Waals surface area contributed by atoms with Gasteiger partial charge < -0.3 is 20.5 Å². The molecule has 1 aliphatic heterocycles. The highest BCUT2D eigenvalue weighted by Crippen LogP contribution is 2.08. The fraction of sp³-hybridized carbons (Fsp3) is 0.818. The van der Waals surface area contributed by atoms with Crippen molar-refractivity contribution in [3.8, 4) is 0 Å². The van der Waals surface area contributed by atoms with E-state index >= 15 is 0 Å². The number of nitrogens with one attached hydrogen (secondary N) is 2. The van der Waals surface area contributed by atoms with Crippen molar-refractivity contribution in [1.29, 1.82) is 0 Å². The van der Waals surface area contributed by atoms with Gasteiger partial charge >= 0.3 is 12.0 Å². The molecule has 8 heteroatoms. The summed E-state index contributed by atoms with van der Waals surface area (Å²) in [7, 11) is 0.654. The highest BCUT2D eigenvalue weighted by atomic mass is 32.2. The topological polar surface area (TPSA) is 105 Å². The third-order valence-electron chi connectivity index (χ3n) is 2.95. The molecular weight excluding hydrogens is 272 g/mol. The van der Waals surface area contributed by atoms with Gasteiger partial charge in [0.05, 0.1) is 12.5 Å². The van der Waals surface area contributed by atoms with Gasteiger partial charge in [0.15, 0.2) is 0 Å². The molecule has 0 radical (unpaired) electrons. The van der Waals surface area contributed by atoms with E-state index in [-0.39, 0.29) is 25.0 Å². The van der Waals surface area contributed by atoms with Crippen LogP contribution in [0.25, 0.3) is 0 Å². The number of ether oxygens (including phenoxy) is 1. The monoisotopic (exact) mass is 292 g/mol. The molecule has 1 rings (SSSR count). The zero-order chi connectivity index (χ0) is 14.3. The van der Waals surface area contributed by atoms with E-state index in [0.29, 0.717) is 24.3 Å². The van der Waals surface area contributed by atoms with Crippen LogP contribution in [0.4, 0.5) is 4.79 Å². The van der Waals surface area contributed by atoms with Crippen LogP contribution in [0.2, 0.25) is 0 Å². The van der Waals surface area contributed by atoms with Crippen LogP contribution in [0.5, 0.6) is 0 Å². The molecule has 1 heterocycles. The smallest absolute Gasteiger partial charge is 0.315 e. The van der Waals surface area contributed by atoms with E-state index in [9.17, 15) is 13.8 Å². The van der Waals surface area contributed by atoms with Crippen molar-refractivity contribution in [1.82, 2.24) is 10.6 Å². The Balaban J connectivity index is 2.23. The Kier molecular flexibility index (Phi) is 6.79. The van der Waals surface area contributed by atoms with Crippen molar-refractivity contribution >= 4 is 22.8 Å². The number of carboxylic acids is 1. The number of aliphatic carboxylic acids is 1. The van der Waals surface area contributed by atoms with Crippen LogP contribution in [0.1, 0.15) is 19.3 Å².